The van der Waals surface area contributed by atoms with E-state index in [4.69, 9.17) is 5.11 Å². The minimum absolute atomic E-state index is 0.160. The molecular formula is C14H10F4O. The normalized spacial score (nSPS) is 9.47. The van der Waals surface area contributed by atoms with Crippen LogP contribution >= 0.6 is 0 Å². The molecular weight excluding hydrogens is 260 g/mol. The second-order valence-corrected chi connectivity index (χ2v) is 3.43. The van der Waals surface area contributed by atoms with Gasteiger partial charge in [0.25, 0.3) is 0 Å². The van der Waals surface area contributed by atoms with Crippen molar-refractivity contribution < 1.29 is 22.7 Å². The van der Waals surface area contributed by atoms with Crippen LogP contribution in [0.5, 0.6) is 5.75 Å². The predicted octanol–water partition coefficient (Wildman–Crippen LogP) is 4.28. The van der Waals surface area contributed by atoms with E-state index in [0.717, 1.165) is 0 Å². The van der Waals surface area contributed by atoms with Gasteiger partial charge in [0.15, 0.2) is 17.4 Å². The molecule has 0 aliphatic rings. The van der Waals surface area contributed by atoms with Gasteiger partial charge >= 0.3 is 0 Å². The SMILES string of the molecule is C=Cc1ccccc1.Oc1cc(F)c(F)c(F)c1F. The molecule has 100 valence electrons. The molecule has 2 rings (SSSR count). The van der Waals surface area contributed by atoms with Gasteiger partial charge in [0, 0.05) is 6.07 Å². The van der Waals surface area contributed by atoms with Gasteiger partial charge in [-0.2, -0.15) is 4.39 Å². The summed E-state index contributed by atoms with van der Waals surface area (Å²) in [4.78, 5) is 0. The molecule has 1 nitrogen and oxygen atoms in total. The maximum Gasteiger partial charge on any atom is 0.203 e. The van der Waals surface area contributed by atoms with Gasteiger partial charge in [0.1, 0.15) is 0 Å². The summed E-state index contributed by atoms with van der Waals surface area (Å²) in [6.07, 6.45) is 1.83. The Morgan fingerprint density at radius 1 is 0.895 bits per heavy atom. The Hall–Kier alpha value is -2.30. The Balaban J connectivity index is 0.000000200. The highest BCUT2D eigenvalue weighted by atomic mass is 19.2. The second-order valence-electron chi connectivity index (χ2n) is 3.43. The van der Waals surface area contributed by atoms with Crippen molar-refractivity contribution in [2.24, 2.45) is 0 Å². The van der Waals surface area contributed by atoms with E-state index in [2.05, 4.69) is 6.58 Å². The van der Waals surface area contributed by atoms with Crippen LogP contribution < -0.4 is 0 Å². The van der Waals surface area contributed by atoms with Crippen molar-refractivity contribution >= 4 is 6.08 Å². The molecule has 0 aromatic heterocycles. The highest BCUT2D eigenvalue weighted by Crippen LogP contribution is 2.22. The van der Waals surface area contributed by atoms with E-state index >= 15 is 0 Å². The van der Waals surface area contributed by atoms with Gasteiger partial charge in [-0.1, -0.05) is 43.0 Å². The van der Waals surface area contributed by atoms with E-state index in [-0.39, 0.29) is 6.07 Å². The summed E-state index contributed by atoms with van der Waals surface area (Å²) in [5, 5.41) is 8.38. The Morgan fingerprint density at radius 2 is 1.47 bits per heavy atom. The summed E-state index contributed by atoms with van der Waals surface area (Å²) in [6.45, 7) is 3.63. The van der Waals surface area contributed by atoms with Crippen LogP contribution in [0.3, 0.4) is 0 Å². The maximum atomic E-state index is 12.1. The second kappa shape index (κ2) is 6.58. The van der Waals surface area contributed by atoms with Crippen LogP contribution in [0.1, 0.15) is 5.56 Å². The molecule has 0 saturated heterocycles. The molecule has 0 atom stereocenters. The zero-order chi connectivity index (χ0) is 14.4. The zero-order valence-electron chi connectivity index (χ0n) is 9.71. The summed E-state index contributed by atoms with van der Waals surface area (Å²) in [7, 11) is 0. The molecule has 0 bridgehead atoms. The number of aromatic hydroxyl groups is 1. The molecule has 19 heavy (non-hydrogen) atoms. The van der Waals surface area contributed by atoms with Gasteiger partial charge in [0.2, 0.25) is 11.6 Å². The molecule has 0 fully saturated rings. The highest BCUT2D eigenvalue weighted by Gasteiger charge is 2.17. The molecule has 0 heterocycles. The number of phenols is 1. The first-order chi connectivity index (χ1) is 8.97. The van der Waals surface area contributed by atoms with Gasteiger partial charge in [0.05, 0.1) is 0 Å². The van der Waals surface area contributed by atoms with Crippen molar-refractivity contribution in [3.8, 4) is 5.75 Å². The Bertz CT molecular complexity index is 541. The van der Waals surface area contributed by atoms with E-state index < -0.39 is 29.0 Å². The van der Waals surface area contributed by atoms with Gasteiger partial charge in [-0.3, -0.25) is 0 Å². The van der Waals surface area contributed by atoms with Crippen LogP contribution in [-0.2, 0) is 0 Å². The van der Waals surface area contributed by atoms with Gasteiger partial charge < -0.3 is 5.11 Å². The topological polar surface area (TPSA) is 20.2 Å². The lowest BCUT2D eigenvalue weighted by molar-refractivity contribution is 0.365. The standard InChI is InChI=1S/C8H8.C6H2F4O/c1-2-8-6-4-3-5-7-8;7-2-1-3(11)5(9)6(10)4(2)8/h2-7H,1H2;1,11H. The quantitative estimate of drug-likeness (QED) is 0.466. The number of rotatable bonds is 1. The van der Waals surface area contributed by atoms with E-state index in [1.54, 1.807) is 0 Å². The van der Waals surface area contributed by atoms with Crippen molar-refractivity contribution in [2.75, 3.05) is 0 Å². The third-order valence-corrected chi connectivity index (χ3v) is 2.12. The van der Waals surface area contributed by atoms with Crippen molar-refractivity contribution in [3.63, 3.8) is 0 Å². The fourth-order valence-corrected chi connectivity index (χ4v) is 1.15. The Morgan fingerprint density at radius 3 is 1.95 bits per heavy atom. The zero-order valence-corrected chi connectivity index (χ0v) is 9.71. The van der Waals surface area contributed by atoms with E-state index in [1.165, 1.54) is 5.56 Å². The van der Waals surface area contributed by atoms with Crippen LogP contribution in [0.25, 0.3) is 6.08 Å². The van der Waals surface area contributed by atoms with Crippen LogP contribution in [0.2, 0.25) is 0 Å². The van der Waals surface area contributed by atoms with E-state index in [9.17, 15) is 17.6 Å². The molecule has 2 aromatic carbocycles. The van der Waals surface area contributed by atoms with Crippen molar-refractivity contribution in [1.82, 2.24) is 0 Å². The number of hydrogen-bond donors (Lipinski definition) is 1. The summed E-state index contributed by atoms with van der Waals surface area (Å²) in [6, 6.07) is 10.2. The van der Waals surface area contributed by atoms with Gasteiger partial charge in [-0.05, 0) is 5.56 Å². The molecule has 0 amide bonds. The lowest BCUT2D eigenvalue weighted by Gasteiger charge is -1.98. The third kappa shape index (κ3) is 3.84. The number of hydrogen-bond acceptors (Lipinski definition) is 1. The van der Waals surface area contributed by atoms with E-state index in [0.29, 0.717) is 0 Å². The molecule has 0 spiro atoms. The van der Waals surface area contributed by atoms with Crippen LogP contribution in [-0.4, -0.2) is 5.11 Å². The fourth-order valence-electron chi connectivity index (χ4n) is 1.15. The predicted molar refractivity (Wildman–Crippen MR) is 64.5 cm³/mol. The largest absolute Gasteiger partial charge is 0.505 e. The molecule has 0 unspecified atom stereocenters. The molecule has 0 radical (unpaired) electrons. The summed E-state index contributed by atoms with van der Waals surface area (Å²) in [5.41, 5.74) is 1.17. The lowest BCUT2D eigenvalue weighted by Crippen LogP contribution is -1.94. The van der Waals surface area contributed by atoms with Crippen LogP contribution in [0.4, 0.5) is 17.6 Å². The highest BCUT2D eigenvalue weighted by molar-refractivity contribution is 5.45. The lowest BCUT2D eigenvalue weighted by atomic mass is 10.2. The fraction of sp³-hybridized carbons (Fsp3) is 0. The first-order valence-corrected chi connectivity index (χ1v) is 5.16. The number of phenolic OH excluding ortho intramolecular Hbond substituents is 1. The van der Waals surface area contributed by atoms with E-state index in [1.807, 2.05) is 36.4 Å². The minimum Gasteiger partial charge on any atom is -0.505 e. The average Bonchev–Trinajstić information content (AvgIpc) is 2.44. The minimum atomic E-state index is -2.01. The Labute approximate surface area is 107 Å². The molecule has 0 saturated carbocycles. The molecule has 1 N–H and O–H groups in total. The monoisotopic (exact) mass is 270 g/mol. The summed E-state index contributed by atoms with van der Waals surface area (Å²) >= 11 is 0. The summed E-state index contributed by atoms with van der Waals surface area (Å²) < 4.78 is 48.4. The van der Waals surface area contributed by atoms with Gasteiger partial charge in [-0.25, -0.2) is 13.2 Å². The molecule has 2 aromatic rings. The smallest absolute Gasteiger partial charge is 0.203 e. The Kier molecular flexibility index (Phi) is 5.11. The van der Waals surface area contributed by atoms with Crippen molar-refractivity contribution in [3.05, 3.63) is 71.8 Å². The first kappa shape index (κ1) is 14.8. The third-order valence-electron chi connectivity index (χ3n) is 2.12. The van der Waals surface area contributed by atoms with Gasteiger partial charge in [-0.15, -0.1) is 0 Å². The summed E-state index contributed by atoms with van der Waals surface area (Å²) in [5.74, 6) is -8.60. The van der Waals surface area contributed by atoms with Crippen molar-refractivity contribution in [2.45, 2.75) is 0 Å². The molecule has 0 aliphatic heterocycles. The average molecular weight is 270 g/mol. The van der Waals surface area contributed by atoms with Crippen LogP contribution in [0, 0.1) is 23.3 Å². The first-order valence-electron chi connectivity index (χ1n) is 5.16. The molecule has 5 heteroatoms. The van der Waals surface area contributed by atoms with Crippen LogP contribution in [0.15, 0.2) is 43.0 Å². The maximum absolute atomic E-state index is 12.1. The van der Waals surface area contributed by atoms with Crippen molar-refractivity contribution in [1.29, 1.82) is 0 Å². The molecule has 0 aliphatic carbocycles. The number of benzene rings is 2. The number of halogens is 4.